The highest BCUT2D eigenvalue weighted by molar-refractivity contribution is 5.75. The molecule has 1 atom stereocenters. The van der Waals surface area contributed by atoms with Crippen LogP contribution in [-0.2, 0) is 4.79 Å². The zero-order valence-electron chi connectivity index (χ0n) is 10.3. The first kappa shape index (κ1) is 15.3. The number of carbonyl (C=O) groups is 2. The standard InChI is InChI=1S/C12H20N2O3/c1-4-5-6-7-13-12(17)14-10(9(2)3)8-11(15)16/h1,9-10H,5-8H2,2-3H3,(H,15,16)(H2,13,14,17). The molecule has 3 N–H and O–H groups in total. The minimum atomic E-state index is -0.920. The molecule has 0 saturated carbocycles. The van der Waals surface area contributed by atoms with E-state index in [1.807, 2.05) is 13.8 Å². The van der Waals surface area contributed by atoms with Crippen molar-refractivity contribution in [1.29, 1.82) is 0 Å². The highest BCUT2D eigenvalue weighted by Crippen LogP contribution is 2.05. The Balaban J connectivity index is 3.96. The quantitative estimate of drug-likeness (QED) is 0.462. The summed E-state index contributed by atoms with van der Waals surface area (Å²) in [5, 5.41) is 14.0. The number of nitrogens with one attached hydrogen (secondary N) is 2. The fourth-order valence-corrected chi connectivity index (χ4v) is 1.25. The van der Waals surface area contributed by atoms with Crippen molar-refractivity contribution in [2.75, 3.05) is 6.54 Å². The fraction of sp³-hybridized carbons (Fsp3) is 0.667. The lowest BCUT2D eigenvalue weighted by Gasteiger charge is -2.20. The molecule has 96 valence electrons. The van der Waals surface area contributed by atoms with E-state index in [0.717, 1.165) is 6.42 Å². The second-order valence-electron chi connectivity index (χ2n) is 4.16. The molecule has 0 aliphatic carbocycles. The van der Waals surface area contributed by atoms with E-state index < -0.39 is 5.97 Å². The summed E-state index contributed by atoms with van der Waals surface area (Å²) in [6, 6.07) is -0.706. The number of hydrogen-bond donors (Lipinski definition) is 3. The Bertz CT molecular complexity index is 295. The van der Waals surface area contributed by atoms with Crippen LogP contribution in [0.2, 0.25) is 0 Å². The number of rotatable bonds is 7. The van der Waals surface area contributed by atoms with Crippen LogP contribution < -0.4 is 10.6 Å². The van der Waals surface area contributed by atoms with Gasteiger partial charge in [0.25, 0.3) is 0 Å². The maximum absolute atomic E-state index is 11.4. The van der Waals surface area contributed by atoms with Crippen molar-refractivity contribution in [3.63, 3.8) is 0 Å². The summed E-state index contributed by atoms with van der Waals surface area (Å²) in [6.45, 7) is 4.23. The number of carboxylic acid groups (broad SMARTS) is 1. The molecule has 0 aromatic rings. The van der Waals surface area contributed by atoms with Crippen molar-refractivity contribution >= 4 is 12.0 Å². The second kappa shape index (κ2) is 8.45. The Kier molecular flexibility index (Phi) is 7.61. The maximum Gasteiger partial charge on any atom is 0.315 e. The van der Waals surface area contributed by atoms with Crippen LogP contribution >= 0.6 is 0 Å². The molecule has 2 amide bonds. The van der Waals surface area contributed by atoms with E-state index in [-0.39, 0.29) is 24.4 Å². The summed E-state index contributed by atoms with van der Waals surface area (Å²) in [6.07, 6.45) is 6.33. The van der Waals surface area contributed by atoms with Crippen LogP contribution in [0.4, 0.5) is 4.79 Å². The van der Waals surface area contributed by atoms with Gasteiger partial charge < -0.3 is 15.7 Å². The van der Waals surface area contributed by atoms with Gasteiger partial charge in [-0.25, -0.2) is 4.79 Å². The Labute approximate surface area is 102 Å². The van der Waals surface area contributed by atoms with Gasteiger partial charge in [0.05, 0.1) is 6.42 Å². The third-order valence-corrected chi connectivity index (χ3v) is 2.30. The smallest absolute Gasteiger partial charge is 0.315 e. The van der Waals surface area contributed by atoms with Crippen LogP contribution in [0.5, 0.6) is 0 Å². The fourth-order valence-electron chi connectivity index (χ4n) is 1.25. The predicted octanol–water partition coefficient (Wildman–Crippen LogP) is 1.20. The molecule has 0 aromatic heterocycles. The molecule has 5 heteroatoms. The van der Waals surface area contributed by atoms with E-state index >= 15 is 0 Å². The number of amides is 2. The number of terminal acetylenes is 1. The molecular weight excluding hydrogens is 220 g/mol. The van der Waals surface area contributed by atoms with Crippen LogP contribution in [0.3, 0.4) is 0 Å². The maximum atomic E-state index is 11.4. The molecule has 5 nitrogen and oxygen atoms in total. The third-order valence-electron chi connectivity index (χ3n) is 2.30. The number of hydrogen-bond acceptors (Lipinski definition) is 2. The predicted molar refractivity (Wildman–Crippen MR) is 65.5 cm³/mol. The van der Waals surface area contributed by atoms with Gasteiger partial charge in [-0.2, -0.15) is 0 Å². The van der Waals surface area contributed by atoms with Crippen LogP contribution in [0, 0.1) is 18.3 Å². The summed E-state index contributed by atoms with van der Waals surface area (Å²) in [5.74, 6) is 1.63. The van der Waals surface area contributed by atoms with E-state index in [1.54, 1.807) is 0 Å². The minimum absolute atomic E-state index is 0.0718. The highest BCUT2D eigenvalue weighted by atomic mass is 16.4. The van der Waals surface area contributed by atoms with Crippen molar-refractivity contribution in [2.45, 2.75) is 39.2 Å². The molecule has 0 aliphatic rings. The number of aliphatic carboxylic acids is 1. The van der Waals surface area contributed by atoms with Crippen molar-refractivity contribution in [3.8, 4) is 12.3 Å². The monoisotopic (exact) mass is 240 g/mol. The van der Waals surface area contributed by atoms with E-state index in [1.165, 1.54) is 0 Å². The van der Waals surface area contributed by atoms with Gasteiger partial charge in [0.2, 0.25) is 0 Å². The number of unbranched alkanes of at least 4 members (excludes halogenated alkanes) is 1. The highest BCUT2D eigenvalue weighted by Gasteiger charge is 2.18. The average Bonchev–Trinajstić information content (AvgIpc) is 2.22. The molecule has 0 spiro atoms. The third kappa shape index (κ3) is 8.14. The lowest BCUT2D eigenvalue weighted by Crippen LogP contribution is -2.45. The van der Waals surface area contributed by atoms with Gasteiger partial charge in [0.15, 0.2) is 0 Å². The van der Waals surface area contributed by atoms with Crippen LogP contribution in [0.15, 0.2) is 0 Å². The second-order valence-corrected chi connectivity index (χ2v) is 4.16. The summed E-state index contributed by atoms with van der Waals surface area (Å²) < 4.78 is 0. The Hall–Kier alpha value is -1.70. The topological polar surface area (TPSA) is 78.4 Å². The molecule has 0 radical (unpaired) electrons. The van der Waals surface area contributed by atoms with Gasteiger partial charge in [-0.1, -0.05) is 13.8 Å². The molecule has 0 rings (SSSR count). The molecule has 17 heavy (non-hydrogen) atoms. The first-order chi connectivity index (χ1) is 7.97. The largest absolute Gasteiger partial charge is 0.481 e. The number of carboxylic acids is 1. The molecule has 0 bridgehead atoms. The zero-order chi connectivity index (χ0) is 13.3. The average molecular weight is 240 g/mol. The van der Waals surface area contributed by atoms with Crippen molar-refractivity contribution in [3.05, 3.63) is 0 Å². The van der Waals surface area contributed by atoms with E-state index in [2.05, 4.69) is 16.6 Å². The lowest BCUT2D eigenvalue weighted by atomic mass is 10.0. The van der Waals surface area contributed by atoms with Crippen molar-refractivity contribution in [2.24, 2.45) is 5.92 Å². The first-order valence-corrected chi connectivity index (χ1v) is 5.67. The molecule has 0 saturated heterocycles. The minimum Gasteiger partial charge on any atom is -0.481 e. The van der Waals surface area contributed by atoms with Crippen LogP contribution in [0.25, 0.3) is 0 Å². The molecule has 0 heterocycles. The van der Waals surface area contributed by atoms with E-state index in [9.17, 15) is 9.59 Å². The van der Waals surface area contributed by atoms with Gasteiger partial charge >= 0.3 is 12.0 Å². The van der Waals surface area contributed by atoms with Gasteiger partial charge in [-0.3, -0.25) is 4.79 Å². The van der Waals surface area contributed by atoms with Crippen molar-refractivity contribution in [1.82, 2.24) is 10.6 Å². The SMILES string of the molecule is C#CCCCNC(=O)NC(CC(=O)O)C(C)C. The lowest BCUT2D eigenvalue weighted by molar-refractivity contribution is -0.137. The van der Waals surface area contributed by atoms with E-state index in [0.29, 0.717) is 13.0 Å². The molecular formula is C12H20N2O3. The summed E-state index contributed by atoms with van der Waals surface area (Å²) in [4.78, 5) is 22.0. The Morgan fingerprint density at radius 2 is 2.06 bits per heavy atom. The summed E-state index contributed by atoms with van der Waals surface area (Å²) >= 11 is 0. The molecule has 0 aromatic carbocycles. The van der Waals surface area contributed by atoms with Gasteiger partial charge in [0, 0.05) is 19.0 Å². The van der Waals surface area contributed by atoms with Gasteiger partial charge in [0.1, 0.15) is 0 Å². The van der Waals surface area contributed by atoms with Crippen LogP contribution in [-0.4, -0.2) is 29.7 Å². The Morgan fingerprint density at radius 1 is 1.41 bits per heavy atom. The molecule has 0 fully saturated rings. The summed E-state index contributed by atoms with van der Waals surface area (Å²) in [7, 11) is 0. The van der Waals surface area contributed by atoms with Crippen molar-refractivity contribution < 1.29 is 14.7 Å². The molecule has 1 unspecified atom stereocenters. The zero-order valence-corrected chi connectivity index (χ0v) is 10.3. The van der Waals surface area contributed by atoms with Crippen LogP contribution in [0.1, 0.15) is 33.1 Å². The number of carbonyl (C=O) groups excluding carboxylic acids is 1. The normalized spacial score (nSPS) is 11.6. The van der Waals surface area contributed by atoms with Gasteiger partial charge in [-0.15, -0.1) is 12.3 Å². The summed E-state index contributed by atoms with van der Waals surface area (Å²) in [5.41, 5.74) is 0. The number of urea groups is 1. The van der Waals surface area contributed by atoms with E-state index in [4.69, 9.17) is 11.5 Å². The first-order valence-electron chi connectivity index (χ1n) is 5.67. The molecule has 0 aliphatic heterocycles. The van der Waals surface area contributed by atoms with Gasteiger partial charge in [-0.05, 0) is 12.3 Å². The Morgan fingerprint density at radius 3 is 2.53 bits per heavy atom.